The van der Waals surface area contributed by atoms with Gasteiger partial charge in [-0.2, -0.15) is 13.2 Å². The minimum atomic E-state index is -4.57. The van der Waals surface area contributed by atoms with E-state index in [4.69, 9.17) is 9.47 Å². The highest BCUT2D eigenvalue weighted by Crippen LogP contribution is 2.47. The number of alkyl halides is 3. The third kappa shape index (κ3) is 5.56. The van der Waals surface area contributed by atoms with E-state index in [2.05, 4.69) is 9.97 Å². The van der Waals surface area contributed by atoms with Crippen LogP contribution in [-0.2, 0) is 12.6 Å². The monoisotopic (exact) mass is 560 g/mol. The van der Waals surface area contributed by atoms with E-state index in [-0.39, 0.29) is 37.6 Å². The lowest BCUT2D eigenvalue weighted by Crippen LogP contribution is -2.49. The number of pyridine rings is 2. The molecule has 9 nitrogen and oxygen atoms in total. The highest BCUT2D eigenvalue weighted by molar-refractivity contribution is 6.02. The van der Waals surface area contributed by atoms with Gasteiger partial charge in [0.2, 0.25) is 5.88 Å². The Morgan fingerprint density at radius 2 is 1.65 bits per heavy atom. The van der Waals surface area contributed by atoms with E-state index in [0.29, 0.717) is 35.6 Å². The van der Waals surface area contributed by atoms with Crippen LogP contribution in [0.4, 0.5) is 19.0 Å². The van der Waals surface area contributed by atoms with Gasteiger partial charge in [0.15, 0.2) is 0 Å². The summed E-state index contributed by atoms with van der Waals surface area (Å²) in [4.78, 5) is 24.7. The number of piperazine rings is 1. The first-order valence-corrected chi connectivity index (χ1v) is 12.8. The highest BCUT2D eigenvalue weighted by Gasteiger charge is 2.37. The molecule has 0 aliphatic carbocycles. The number of aromatic nitrogens is 2. The Hall–Kier alpha value is -4.22. The van der Waals surface area contributed by atoms with Gasteiger partial charge in [-0.25, -0.2) is 9.97 Å². The number of amides is 1. The largest absolute Gasteiger partial charge is 0.506 e. The molecule has 0 atom stereocenters. The van der Waals surface area contributed by atoms with Crippen molar-refractivity contribution in [1.82, 2.24) is 14.9 Å². The topological polar surface area (TPSA) is 108 Å². The summed E-state index contributed by atoms with van der Waals surface area (Å²) in [6.45, 7) is 2.21. The number of aryl methyl sites for hydroxylation is 1. The molecule has 2 aromatic heterocycles. The molecule has 0 bridgehead atoms. The van der Waals surface area contributed by atoms with Crippen molar-refractivity contribution in [3.8, 4) is 34.3 Å². The lowest BCUT2D eigenvalue weighted by Gasteiger charge is -2.36. The molecule has 4 rings (SSSR count). The molecular weight excluding hydrogens is 529 g/mol. The second-order valence-electron chi connectivity index (χ2n) is 9.27. The minimum Gasteiger partial charge on any atom is -0.506 e. The van der Waals surface area contributed by atoms with E-state index >= 15 is 0 Å². The normalized spacial score (nSPS) is 13.8. The Labute approximate surface area is 229 Å². The third-order valence-corrected chi connectivity index (χ3v) is 6.84. The molecular formula is C28H31F3N4O5. The number of hydrogen-bond acceptors (Lipinski definition) is 8. The van der Waals surface area contributed by atoms with E-state index in [0.717, 1.165) is 12.5 Å². The lowest BCUT2D eigenvalue weighted by atomic mass is 9.95. The SMILES string of the molecule is CCCCc1nc(O)c(C(=O)N2CCN(c3ncccc3C(F)(F)F)CC2)c(O)c1-c1c(OC)cccc1OC. The lowest BCUT2D eigenvalue weighted by molar-refractivity contribution is -0.137. The van der Waals surface area contributed by atoms with Crippen molar-refractivity contribution in [1.29, 1.82) is 0 Å². The van der Waals surface area contributed by atoms with Crippen LogP contribution in [0.25, 0.3) is 11.1 Å². The van der Waals surface area contributed by atoms with Gasteiger partial charge in [-0.1, -0.05) is 19.4 Å². The van der Waals surface area contributed by atoms with Crippen LogP contribution in [-0.4, -0.2) is 71.4 Å². The molecule has 1 fully saturated rings. The zero-order valence-electron chi connectivity index (χ0n) is 22.5. The van der Waals surface area contributed by atoms with Gasteiger partial charge in [0, 0.05) is 32.4 Å². The number of nitrogens with zero attached hydrogens (tertiary/aromatic N) is 4. The summed E-state index contributed by atoms with van der Waals surface area (Å²) >= 11 is 0. The number of unbranched alkanes of at least 4 members (excludes halogenated alkanes) is 1. The van der Waals surface area contributed by atoms with Crippen LogP contribution in [0.2, 0.25) is 0 Å². The average molecular weight is 561 g/mol. The first-order chi connectivity index (χ1) is 19.1. The second kappa shape index (κ2) is 11.9. The predicted molar refractivity (Wildman–Crippen MR) is 142 cm³/mol. The molecule has 1 saturated heterocycles. The number of aromatic hydroxyl groups is 2. The predicted octanol–water partition coefficient (Wildman–Crippen LogP) is 4.90. The van der Waals surface area contributed by atoms with Gasteiger partial charge in [-0.15, -0.1) is 0 Å². The van der Waals surface area contributed by atoms with Gasteiger partial charge < -0.3 is 29.5 Å². The maximum atomic E-state index is 13.6. The summed E-state index contributed by atoms with van der Waals surface area (Å²) in [5.74, 6) is -1.25. The van der Waals surface area contributed by atoms with Crippen LogP contribution in [0.5, 0.6) is 23.1 Å². The molecule has 0 spiro atoms. The molecule has 3 aromatic rings. The molecule has 1 aliphatic heterocycles. The molecule has 40 heavy (non-hydrogen) atoms. The van der Waals surface area contributed by atoms with Gasteiger partial charge in [-0.05, 0) is 37.1 Å². The van der Waals surface area contributed by atoms with Crippen LogP contribution in [0.15, 0.2) is 36.5 Å². The van der Waals surface area contributed by atoms with Gasteiger partial charge in [0.05, 0.1) is 36.6 Å². The molecule has 0 unspecified atom stereocenters. The molecule has 3 heterocycles. The van der Waals surface area contributed by atoms with Gasteiger partial charge in [0.1, 0.15) is 28.6 Å². The first kappa shape index (κ1) is 28.8. The highest BCUT2D eigenvalue weighted by atomic mass is 19.4. The standard InChI is InChI=1S/C28H31F3N4O5/c1-4-5-9-18-21(22-19(39-2)10-6-11-20(22)40-3)24(36)23(26(37)33-18)27(38)35-15-13-34(14-16-35)25-17(28(29,30)31)8-7-12-32-25/h6-8,10-12H,4-5,9,13-16H2,1-3H3,(H2,33,36,37). The van der Waals surface area contributed by atoms with Crippen LogP contribution in [0.1, 0.15) is 41.4 Å². The van der Waals surface area contributed by atoms with E-state index in [9.17, 15) is 28.2 Å². The number of methoxy groups -OCH3 is 2. The van der Waals surface area contributed by atoms with Crippen LogP contribution >= 0.6 is 0 Å². The van der Waals surface area contributed by atoms with Crippen molar-refractivity contribution in [3.63, 3.8) is 0 Å². The number of rotatable bonds is 8. The molecule has 1 aliphatic rings. The maximum Gasteiger partial charge on any atom is 0.419 e. The van der Waals surface area contributed by atoms with Gasteiger partial charge >= 0.3 is 6.18 Å². The molecule has 0 radical (unpaired) electrons. The van der Waals surface area contributed by atoms with Crippen LogP contribution in [0.3, 0.4) is 0 Å². The van der Waals surface area contributed by atoms with Crippen LogP contribution in [0, 0.1) is 0 Å². The fourth-order valence-corrected chi connectivity index (χ4v) is 4.84. The third-order valence-electron chi connectivity index (χ3n) is 6.84. The zero-order chi connectivity index (χ0) is 29.0. The summed E-state index contributed by atoms with van der Waals surface area (Å²) in [6, 6.07) is 7.27. The van der Waals surface area contributed by atoms with Crippen molar-refractivity contribution in [3.05, 3.63) is 53.3 Å². The molecule has 2 N–H and O–H groups in total. The van der Waals surface area contributed by atoms with Crippen molar-refractivity contribution < 1.29 is 37.7 Å². The molecule has 1 amide bonds. The number of hydrogen-bond donors (Lipinski definition) is 2. The number of carbonyl (C=O) groups is 1. The Kier molecular flexibility index (Phi) is 8.55. The Morgan fingerprint density at radius 3 is 2.23 bits per heavy atom. The van der Waals surface area contributed by atoms with E-state index in [1.807, 2.05) is 6.92 Å². The van der Waals surface area contributed by atoms with E-state index in [1.54, 1.807) is 18.2 Å². The summed E-state index contributed by atoms with van der Waals surface area (Å²) in [5, 5.41) is 22.3. The summed E-state index contributed by atoms with van der Waals surface area (Å²) in [5.41, 5.74) is -0.281. The fourth-order valence-electron chi connectivity index (χ4n) is 4.84. The summed E-state index contributed by atoms with van der Waals surface area (Å²) < 4.78 is 51.6. The van der Waals surface area contributed by atoms with Crippen molar-refractivity contribution in [2.45, 2.75) is 32.4 Å². The second-order valence-corrected chi connectivity index (χ2v) is 9.27. The zero-order valence-corrected chi connectivity index (χ0v) is 22.5. The number of halogens is 3. The maximum absolute atomic E-state index is 13.6. The summed E-state index contributed by atoms with van der Waals surface area (Å²) in [6.07, 6.45) is -1.35. The van der Waals surface area contributed by atoms with Crippen molar-refractivity contribution >= 4 is 11.7 Å². The van der Waals surface area contributed by atoms with Gasteiger partial charge in [0.25, 0.3) is 5.91 Å². The molecule has 214 valence electrons. The number of benzene rings is 1. The van der Waals surface area contributed by atoms with Crippen molar-refractivity contribution in [2.75, 3.05) is 45.3 Å². The Morgan fingerprint density at radius 1 is 1.00 bits per heavy atom. The van der Waals surface area contributed by atoms with E-state index < -0.39 is 34.8 Å². The number of ether oxygens (including phenoxy) is 2. The minimum absolute atomic E-state index is 0.0382. The molecule has 12 heteroatoms. The summed E-state index contributed by atoms with van der Waals surface area (Å²) in [7, 11) is 2.93. The fraction of sp³-hybridized carbons (Fsp3) is 0.393. The Balaban J connectivity index is 1.70. The first-order valence-electron chi connectivity index (χ1n) is 12.8. The van der Waals surface area contributed by atoms with Gasteiger partial charge in [-0.3, -0.25) is 4.79 Å². The van der Waals surface area contributed by atoms with Crippen LogP contribution < -0.4 is 14.4 Å². The van der Waals surface area contributed by atoms with Crippen molar-refractivity contribution in [2.24, 2.45) is 0 Å². The van der Waals surface area contributed by atoms with E-state index in [1.165, 1.54) is 36.3 Å². The smallest absolute Gasteiger partial charge is 0.419 e. The molecule has 1 aromatic carbocycles. The molecule has 0 saturated carbocycles. The average Bonchev–Trinajstić information content (AvgIpc) is 2.95. The number of anilines is 1. The quantitative estimate of drug-likeness (QED) is 0.401. The number of carbonyl (C=O) groups excluding carboxylic acids is 1. The Bertz CT molecular complexity index is 1350.